The summed E-state index contributed by atoms with van der Waals surface area (Å²) in [5, 5.41) is 35.5. The molecule has 1 atom stereocenters. The fourth-order valence-electron chi connectivity index (χ4n) is 3.97. The van der Waals surface area contributed by atoms with Gasteiger partial charge in [-0.15, -0.1) is 10.2 Å². The van der Waals surface area contributed by atoms with Crippen molar-refractivity contribution in [2.24, 2.45) is 0 Å². The van der Waals surface area contributed by atoms with Gasteiger partial charge in [0.1, 0.15) is 18.1 Å². The van der Waals surface area contributed by atoms with Gasteiger partial charge in [-0.2, -0.15) is 28.0 Å². The maximum absolute atomic E-state index is 15.2. The minimum absolute atomic E-state index is 0.0397. The normalized spacial score (nSPS) is 12.4. The second-order valence-electron chi connectivity index (χ2n) is 8.05. The van der Waals surface area contributed by atoms with Gasteiger partial charge in [0.25, 0.3) is 0 Å². The van der Waals surface area contributed by atoms with Gasteiger partial charge in [-0.3, -0.25) is 4.68 Å². The highest BCUT2D eigenvalue weighted by Gasteiger charge is 2.26. The summed E-state index contributed by atoms with van der Waals surface area (Å²) >= 11 is 6.03. The largest absolute Gasteiger partial charge is 0.618 e. The van der Waals surface area contributed by atoms with Crippen molar-refractivity contribution >= 4 is 11.6 Å². The standard InChI is InChI=1S/C22H18ClF3N10O2/c1-38-7-6-17(33-9-14(8-28-33)16-11-34(22(25)26)31-29-16)18-4-2-13(10-36(18)37)20-19(35-12-27-30-32-35)5-3-15(23)21(20)24/h2-5,8-12,17,22H,6-7H2,1H3/t17-/m1/s1. The number of methoxy groups -OCH3 is 1. The van der Waals surface area contributed by atoms with E-state index in [0.717, 1.165) is 6.20 Å². The lowest BCUT2D eigenvalue weighted by atomic mass is 10.0. The van der Waals surface area contributed by atoms with Crippen molar-refractivity contribution in [2.75, 3.05) is 13.7 Å². The Labute approximate surface area is 217 Å². The lowest BCUT2D eigenvalue weighted by Gasteiger charge is -2.18. The van der Waals surface area contributed by atoms with Gasteiger partial charge in [0, 0.05) is 38.0 Å². The van der Waals surface area contributed by atoms with Crippen LogP contribution in [0.25, 0.3) is 28.1 Å². The molecule has 12 nitrogen and oxygen atoms in total. The highest BCUT2D eigenvalue weighted by atomic mass is 35.5. The first-order chi connectivity index (χ1) is 18.4. The van der Waals surface area contributed by atoms with Crippen LogP contribution in [0.1, 0.15) is 24.7 Å². The van der Waals surface area contributed by atoms with E-state index in [2.05, 4.69) is 30.9 Å². The van der Waals surface area contributed by atoms with Crippen LogP contribution in [0.2, 0.25) is 5.02 Å². The number of benzene rings is 1. The van der Waals surface area contributed by atoms with Crippen LogP contribution in [0.3, 0.4) is 0 Å². The van der Waals surface area contributed by atoms with E-state index in [1.54, 1.807) is 18.3 Å². The Hall–Kier alpha value is -4.37. The summed E-state index contributed by atoms with van der Waals surface area (Å²) in [5.74, 6) is -0.739. The monoisotopic (exact) mass is 546 g/mol. The summed E-state index contributed by atoms with van der Waals surface area (Å²) in [6, 6.07) is 5.42. The molecule has 0 bridgehead atoms. The summed E-state index contributed by atoms with van der Waals surface area (Å²) in [6.45, 7) is -2.54. The van der Waals surface area contributed by atoms with Crippen LogP contribution in [0.5, 0.6) is 0 Å². The van der Waals surface area contributed by atoms with Gasteiger partial charge in [0.05, 0.1) is 34.2 Å². The molecule has 38 heavy (non-hydrogen) atoms. The average Bonchev–Trinajstić information content (AvgIpc) is 3.68. The van der Waals surface area contributed by atoms with Crippen LogP contribution in [0.4, 0.5) is 13.2 Å². The van der Waals surface area contributed by atoms with Gasteiger partial charge in [0.2, 0.25) is 5.69 Å². The number of nitrogens with zero attached hydrogens (tertiary/aromatic N) is 10. The fourth-order valence-corrected chi connectivity index (χ4v) is 4.12. The van der Waals surface area contributed by atoms with Crippen molar-refractivity contribution in [3.05, 3.63) is 77.1 Å². The second-order valence-corrected chi connectivity index (χ2v) is 8.45. The number of aromatic nitrogens is 10. The SMILES string of the molecule is COCC[C@H](c1ccc(-c2c(-n3cnnn3)ccc(Cl)c2F)c[n+]1[O-])n1cc(-c2cn(C(F)F)nn2)cn1. The molecule has 4 aromatic heterocycles. The molecule has 0 aliphatic rings. The lowest BCUT2D eigenvalue weighted by molar-refractivity contribution is -0.615. The topological polar surface area (TPSA) is 128 Å². The maximum atomic E-state index is 15.2. The molecule has 0 saturated heterocycles. The zero-order chi connectivity index (χ0) is 26.8. The molecule has 0 aliphatic heterocycles. The number of hydrogen-bond donors (Lipinski definition) is 0. The van der Waals surface area contributed by atoms with Crippen LogP contribution in [0, 0.1) is 11.0 Å². The van der Waals surface area contributed by atoms with Crippen molar-refractivity contribution in [1.82, 2.24) is 45.0 Å². The molecular weight excluding hydrogens is 529 g/mol. The van der Waals surface area contributed by atoms with Gasteiger partial charge in [-0.05, 0) is 28.6 Å². The van der Waals surface area contributed by atoms with E-state index >= 15 is 4.39 Å². The molecule has 196 valence electrons. The van der Waals surface area contributed by atoms with Crippen molar-refractivity contribution in [3.63, 3.8) is 0 Å². The molecule has 0 aliphatic carbocycles. The molecule has 0 spiro atoms. The van der Waals surface area contributed by atoms with Gasteiger partial charge in [0.15, 0.2) is 12.0 Å². The molecule has 16 heteroatoms. The van der Waals surface area contributed by atoms with Crippen molar-refractivity contribution < 1.29 is 22.6 Å². The predicted molar refractivity (Wildman–Crippen MR) is 126 cm³/mol. The van der Waals surface area contributed by atoms with Crippen LogP contribution in [-0.4, -0.2) is 58.7 Å². The molecule has 0 amide bonds. The number of alkyl halides is 2. The van der Waals surface area contributed by atoms with Gasteiger partial charge in [-0.25, -0.2) is 4.39 Å². The molecule has 1 aromatic carbocycles. The van der Waals surface area contributed by atoms with Crippen LogP contribution < -0.4 is 4.73 Å². The predicted octanol–water partition coefficient (Wildman–Crippen LogP) is 3.23. The first-order valence-electron chi connectivity index (χ1n) is 11.1. The zero-order valence-corrected chi connectivity index (χ0v) is 20.3. The molecule has 5 rings (SSSR count). The van der Waals surface area contributed by atoms with Crippen LogP contribution in [0.15, 0.2) is 55.4 Å². The Morgan fingerprint density at radius 1 is 1.11 bits per heavy atom. The Morgan fingerprint density at radius 2 is 1.95 bits per heavy atom. The van der Waals surface area contributed by atoms with Crippen LogP contribution in [-0.2, 0) is 4.74 Å². The molecule has 5 aromatic rings. The Morgan fingerprint density at radius 3 is 2.63 bits per heavy atom. The Bertz CT molecular complexity index is 1560. The van der Waals surface area contributed by atoms with E-state index < -0.39 is 18.4 Å². The lowest BCUT2D eigenvalue weighted by Crippen LogP contribution is -2.36. The van der Waals surface area contributed by atoms with Crippen molar-refractivity contribution in [1.29, 1.82) is 0 Å². The third kappa shape index (κ3) is 4.80. The average molecular weight is 547 g/mol. The molecule has 4 heterocycles. The van der Waals surface area contributed by atoms with Gasteiger partial charge in [-0.1, -0.05) is 16.8 Å². The zero-order valence-electron chi connectivity index (χ0n) is 19.6. The number of tetrazole rings is 1. The minimum Gasteiger partial charge on any atom is -0.618 e. The Kier molecular flexibility index (Phi) is 7.02. The summed E-state index contributed by atoms with van der Waals surface area (Å²) < 4.78 is 49.9. The van der Waals surface area contributed by atoms with Gasteiger partial charge >= 0.3 is 6.55 Å². The summed E-state index contributed by atoms with van der Waals surface area (Å²) in [5.41, 5.74) is 1.47. The molecule has 0 saturated carbocycles. The van der Waals surface area contributed by atoms with Crippen molar-refractivity contribution in [3.8, 4) is 28.1 Å². The Balaban J connectivity index is 1.53. The summed E-state index contributed by atoms with van der Waals surface area (Å²) in [6.07, 6.45) is 6.96. The molecule has 0 radical (unpaired) electrons. The number of rotatable bonds is 9. The van der Waals surface area contributed by atoms with E-state index in [4.69, 9.17) is 16.3 Å². The fraction of sp³-hybridized carbons (Fsp3) is 0.227. The first kappa shape index (κ1) is 25.3. The third-order valence-electron chi connectivity index (χ3n) is 5.77. The smallest absolute Gasteiger partial charge is 0.334 e. The highest BCUT2D eigenvalue weighted by Crippen LogP contribution is 2.33. The van der Waals surface area contributed by atoms with E-state index in [-0.39, 0.29) is 39.8 Å². The number of hydrogen-bond acceptors (Lipinski definition) is 8. The van der Waals surface area contributed by atoms with E-state index in [1.165, 1.54) is 47.3 Å². The number of halogens is 4. The quantitative estimate of drug-likeness (QED) is 0.204. The minimum atomic E-state index is -2.83. The number of ether oxygens (including phenoxy) is 1. The first-order valence-corrected chi connectivity index (χ1v) is 11.4. The van der Waals surface area contributed by atoms with Crippen molar-refractivity contribution in [2.45, 2.75) is 19.0 Å². The summed E-state index contributed by atoms with van der Waals surface area (Å²) in [4.78, 5) is 0. The van der Waals surface area contributed by atoms with E-state index in [9.17, 15) is 14.0 Å². The molecule has 0 N–H and O–H groups in total. The highest BCUT2D eigenvalue weighted by molar-refractivity contribution is 6.31. The van der Waals surface area contributed by atoms with E-state index in [0.29, 0.717) is 21.4 Å². The molecule has 0 unspecified atom stereocenters. The third-order valence-corrected chi connectivity index (χ3v) is 6.06. The maximum Gasteiger partial charge on any atom is 0.334 e. The molecular formula is C22H18ClF3N10O2. The van der Waals surface area contributed by atoms with Gasteiger partial charge < -0.3 is 9.94 Å². The van der Waals surface area contributed by atoms with Crippen LogP contribution >= 0.6 is 11.6 Å². The molecule has 0 fully saturated rings. The van der Waals surface area contributed by atoms with E-state index in [1.807, 2.05) is 0 Å². The summed E-state index contributed by atoms with van der Waals surface area (Å²) in [7, 11) is 1.52. The second kappa shape index (κ2) is 10.5. The number of pyridine rings is 1.